The van der Waals surface area contributed by atoms with Gasteiger partial charge >= 0.3 is 0 Å². The van der Waals surface area contributed by atoms with Gasteiger partial charge in [0, 0.05) is 39.3 Å². The molecule has 2 N–H and O–H groups in total. The van der Waals surface area contributed by atoms with Crippen LogP contribution >= 0.6 is 23.2 Å². The zero-order valence-corrected chi connectivity index (χ0v) is 13.0. The molecular weight excluding hydrogens is 319 g/mol. The van der Waals surface area contributed by atoms with Gasteiger partial charge in [0.25, 0.3) is 0 Å². The van der Waals surface area contributed by atoms with Gasteiger partial charge in [0.05, 0.1) is 0 Å². The Kier molecular flexibility index (Phi) is 3.96. The van der Waals surface area contributed by atoms with Gasteiger partial charge in [-0.1, -0.05) is 29.3 Å². The maximum atomic E-state index is 7.60. The molecule has 0 aliphatic heterocycles. The number of nitrogens with one attached hydrogen (secondary N) is 2. The number of aromatic nitrogens is 1. The number of hydrogen-bond acceptors (Lipinski definition) is 2. The van der Waals surface area contributed by atoms with E-state index >= 15 is 0 Å². The monoisotopic (exact) mass is 330 g/mol. The molecule has 3 aromatic rings. The van der Waals surface area contributed by atoms with Gasteiger partial charge in [-0.2, -0.15) is 0 Å². The summed E-state index contributed by atoms with van der Waals surface area (Å²) in [4.78, 5) is 0. The van der Waals surface area contributed by atoms with Crippen LogP contribution in [0.25, 0.3) is 10.9 Å². The highest BCUT2D eigenvalue weighted by atomic mass is 35.5. The fourth-order valence-corrected chi connectivity index (χ4v) is 2.85. The molecule has 0 bridgehead atoms. The average Bonchev–Trinajstić information content (AvgIpc) is 2.91. The molecule has 0 saturated heterocycles. The molecule has 1 aromatic heterocycles. The lowest BCUT2D eigenvalue weighted by atomic mass is 10.1. The van der Waals surface area contributed by atoms with Crippen LogP contribution in [0.5, 0.6) is 0 Å². The van der Waals surface area contributed by atoms with Crippen LogP contribution in [-0.2, 0) is 6.54 Å². The third-order valence-electron chi connectivity index (χ3n) is 3.51. The highest BCUT2D eigenvalue weighted by Gasteiger charge is 2.07. The molecule has 6 heteroatoms. The molecule has 3 rings (SSSR count). The van der Waals surface area contributed by atoms with Crippen molar-refractivity contribution >= 4 is 39.9 Å². The number of amidine groups is 1. The van der Waals surface area contributed by atoms with Crippen molar-refractivity contribution in [1.29, 1.82) is 10.9 Å². The smallest absolute Gasteiger partial charge is 0.173 e. The summed E-state index contributed by atoms with van der Waals surface area (Å²) < 4.78 is 2.08. The fourth-order valence-electron chi connectivity index (χ4n) is 2.38. The lowest BCUT2D eigenvalue weighted by molar-refractivity contribution is 0.837. The van der Waals surface area contributed by atoms with Crippen molar-refractivity contribution in [3.8, 4) is 0 Å². The van der Waals surface area contributed by atoms with Crippen molar-refractivity contribution in [2.24, 2.45) is 5.11 Å². The first kappa shape index (κ1) is 14.8. The minimum atomic E-state index is -0.0459. The zero-order chi connectivity index (χ0) is 15.7. The summed E-state index contributed by atoms with van der Waals surface area (Å²) in [5.41, 5.74) is 9.57. The van der Waals surface area contributed by atoms with Crippen LogP contribution in [0.4, 0.5) is 0 Å². The third-order valence-corrected chi connectivity index (χ3v) is 4.10. The SMILES string of the molecule is N=NC(=N)c1ccc2c(ccn2Cc2ccc(Cl)cc2Cl)c1. The van der Waals surface area contributed by atoms with Gasteiger partial charge in [-0.05, 0) is 42.0 Å². The molecule has 22 heavy (non-hydrogen) atoms. The average molecular weight is 331 g/mol. The largest absolute Gasteiger partial charge is 0.343 e. The van der Waals surface area contributed by atoms with E-state index in [1.807, 2.05) is 36.5 Å². The number of benzene rings is 2. The summed E-state index contributed by atoms with van der Waals surface area (Å²) in [5, 5.41) is 13.0. The second-order valence-electron chi connectivity index (χ2n) is 4.91. The van der Waals surface area contributed by atoms with Gasteiger partial charge in [0.2, 0.25) is 0 Å². The van der Waals surface area contributed by atoms with Gasteiger partial charge in [0.15, 0.2) is 5.84 Å². The summed E-state index contributed by atoms with van der Waals surface area (Å²) in [7, 11) is 0. The molecule has 0 fully saturated rings. The number of nitrogens with zero attached hydrogens (tertiary/aromatic N) is 2. The molecule has 110 valence electrons. The predicted octanol–water partition coefficient (Wildman–Crippen LogP) is 5.35. The van der Waals surface area contributed by atoms with Gasteiger partial charge in [-0.25, -0.2) is 5.53 Å². The van der Waals surface area contributed by atoms with E-state index in [1.54, 1.807) is 12.1 Å². The van der Waals surface area contributed by atoms with E-state index in [9.17, 15) is 0 Å². The molecule has 0 saturated carbocycles. The molecular formula is C16H12Cl2N4. The Morgan fingerprint density at radius 2 is 1.91 bits per heavy atom. The molecule has 4 nitrogen and oxygen atoms in total. The van der Waals surface area contributed by atoms with Crippen LogP contribution in [-0.4, -0.2) is 10.4 Å². The van der Waals surface area contributed by atoms with Crippen molar-refractivity contribution in [2.45, 2.75) is 6.54 Å². The number of fused-ring (bicyclic) bond motifs is 1. The van der Waals surface area contributed by atoms with E-state index < -0.39 is 0 Å². The first-order chi connectivity index (χ1) is 10.6. The number of hydrogen-bond donors (Lipinski definition) is 2. The Morgan fingerprint density at radius 3 is 2.64 bits per heavy atom. The maximum Gasteiger partial charge on any atom is 0.173 e. The molecule has 0 radical (unpaired) electrons. The predicted molar refractivity (Wildman–Crippen MR) is 89.5 cm³/mol. The molecule has 0 amide bonds. The standard InChI is InChI=1S/C16H12Cl2N4/c17-13-3-1-12(14(18)8-13)9-22-6-5-10-7-11(16(19)21-20)2-4-15(10)22/h1-8,19-20H,9H2. The Labute approximate surface area is 137 Å². The number of rotatable bonds is 3. The van der Waals surface area contributed by atoms with Crippen molar-refractivity contribution < 1.29 is 0 Å². The van der Waals surface area contributed by atoms with E-state index in [2.05, 4.69) is 9.68 Å². The van der Waals surface area contributed by atoms with Crippen molar-refractivity contribution in [3.05, 3.63) is 69.8 Å². The van der Waals surface area contributed by atoms with E-state index in [0.29, 0.717) is 22.2 Å². The van der Waals surface area contributed by atoms with Crippen LogP contribution in [0.1, 0.15) is 11.1 Å². The lowest BCUT2D eigenvalue weighted by Gasteiger charge is -2.08. The van der Waals surface area contributed by atoms with Gasteiger partial charge in [-0.3, -0.25) is 5.41 Å². The summed E-state index contributed by atoms with van der Waals surface area (Å²) >= 11 is 12.1. The Morgan fingerprint density at radius 1 is 1.09 bits per heavy atom. The van der Waals surface area contributed by atoms with Crippen LogP contribution in [0.2, 0.25) is 10.0 Å². The van der Waals surface area contributed by atoms with Gasteiger partial charge in [-0.15, -0.1) is 5.11 Å². The summed E-state index contributed by atoms with van der Waals surface area (Å²) in [5.74, 6) is -0.0459. The minimum Gasteiger partial charge on any atom is -0.343 e. The van der Waals surface area contributed by atoms with Crippen LogP contribution < -0.4 is 0 Å². The first-order valence-corrected chi connectivity index (χ1v) is 7.33. The molecule has 1 heterocycles. The van der Waals surface area contributed by atoms with E-state index in [1.165, 1.54) is 0 Å². The summed E-state index contributed by atoms with van der Waals surface area (Å²) in [6, 6.07) is 13.0. The van der Waals surface area contributed by atoms with Crippen molar-refractivity contribution in [1.82, 2.24) is 4.57 Å². The molecule has 0 unspecified atom stereocenters. The van der Waals surface area contributed by atoms with Crippen molar-refractivity contribution in [3.63, 3.8) is 0 Å². The fraction of sp³-hybridized carbons (Fsp3) is 0.0625. The lowest BCUT2D eigenvalue weighted by Crippen LogP contribution is -1.99. The Hall–Kier alpha value is -2.17. The summed E-state index contributed by atoms with van der Waals surface area (Å²) in [6.07, 6.45) is 1.97. The molecule has 0 spiro atoms. The second kappa shape index (κ2) is 5.91. The summed E-state index contributed by atoms with van der Waals surface area (Å²) in [6.45, 7) is 0.638. The third kappa shape index (κ3) is 2.75. The van der Waals surface area contributed by atoms with Crippen molar-refractivity contribution in [2.75, 3.05) is 0 Å². The van der Waals surface area contributed by atoms with Gasteiger partial charge in [0.1, 0.15) is 0 Å². The van der Waals surface area contributed by atoms with E-state index in [0.717, 1.165) is 16.5 Å². The zero-order valence-electron chi connectivity index (χ0n) is 11.5. The highest BCUT2D eigenvalue weighted by Crippen LogP contribution is 2.24. The highest BCUT2D eigenvalue weighted by molar-refractivity contribution is 6.35. The molecule has 0 aliphatic rings. The normalized spacial score (nSPS) is 10.8. The quantitative estimate of drug-likeness (QED) is 0.369. The van der Waals surface area contributed by atoms with Crippen LogP contribution in [0.15, 0.2) is 53.8 Å². The molecule has 0 aliphatic carbocycles. The Bertz CT molecular complexity index is 883. The first-order valence-electron chi connectivity index (χ1n) is 6.57. The van der Waals surface area contributed by atoms with E-state index in [-0.39, 0.29) is 5.84 Å². The maximum absolute atomic E-state index is 7.60. The topological polar surface area (TPSA) is 65.0 Å². The van der Waals surface area contributed by atoms with Crippen LogP contribution in [0.3, 0.4) is 0 Å². The minimum absolute atomic E-state index is 0.0459. The molecule has 0 atom stereocenters. The Balaban J connectivity index is 1.98. The molecule has 2 aromatic carbocycles. The second-order valence-corrected chi connectivity index (χ2v) is 5.76. The van der Waals surface area contributed by atoms with E-state index in [4.69, 9.17) is 34.1 Å². The van der Waals surface area contributed by atoms with Crippen LogP contribution in [0, 0.1) is 10.9 Å². The van der Waals surface area contributed by atoms with Gasteiger partial charge < -0.3 is 4.57 Å². The number of halogens is 2.